The van der Waals surface area contributed by atoms with E-state index >= 15 is 0 Å². The van der Waals surface area contributed by atoms with Crippen LogP contribution >= 0.6 is 0 Å². The third-order valence-corrected chi connectivity index (χ3v) is 2.12. The van der Waals surface area contributed by atoms with Gasteiger partial charge in [0.2, 0.25) is 0 Å². The molecule has 0 aliphatic carbocycles. The van der Waals surface area contributed by atoms with Crippen LogP contribution in [0.3, 0.4) is 0 Å². The van der Waals surface area contributed by atoms with E-state index in [0.717, 1.165) is 6.20 Å². The molecule has 3 N–H and O–H groups in total. The molecule has 0 atom stereocenters. The third kappa shape index (κ3) is 3.65. The molecule has 112 valence electrons. The summed E-state index contributed by atoms with van der Waals surface area (Å²) < 4.78 is 31.8. The van der Waals surface area contributed by atoms with Gasteiger partial charge in [-0.2, -0.15) is 18.6 Å². The Bertz CT molecular complexity index is 534. The summed E-state index contributed by atoms with van der Waals surface area (Å²) in [4.78, 5) is 22.2. The number of aryl methyl sites for hydroxylation is 1. The molecular formula is C11H16F2N4O3. The van der Waals surface area contributed by atoms with Crippen LogP contribution in [0, 0.1) is 6.92 Å². The first-order valence-corrected chi connectivity index (χ1v) is 5.68. The number of primary amides is 1. The second-order valence-corrected chi connectivity index (χ2v) is 5.11. The largest absolute Gasteiger partial charge is 0.444 e. The van der Waals surface area contributed by atoms with Gasteiger partial charge in [0, 0.05) is 0 Å². The average molecular weight is 290 g/mol. The van der Waals surface area contributed by atoms with Gasteiger partial charge in [-0.15, -0.1) is 0 Å². The standard InChI is InChI=1S/C11H16F2N4O3/c1-6-7(15-9(19)20-10(2,3)4)5-17(16-6)11(12,13)8(14)18/h5H,1-4H3,(H2,14,18)(H,15,19). The highest BCUT2D eigenvalue weighted by atomic mass is 19.3. The average Bonchev–Trinajstić information content (AvgIpc) is 2.57. The quantitative estimate of drug-likeness (QED) is 0.882. The maximum Gasteiger partial charge on any atom is 0.422 e. The fraction of sp³-hybridized carbons (Fsp3) is 0.545. The molecule has 0 aromatic carbocycles. The number of nitrogens with one attached hydrogen (secondary N) is 1. The third-order valence-electron chi connectivity index (χ3n) is 2.12. The summed E-state index contributed by atoms with van der Waals surface area (Å²) in [5.41, 5.74) is 3.95. The normalized spacial score (nSPS) is 12.1. The lowest BCUT2D eigenvalue weighted by atomic mass is 10.2. The molecule has 0 bridgehead atoms. The summed E-state index contributed by atoms with van der Waals surface area (Å²) in [5, 5.41) is 5.72. The molecule has 0 spiro atoms. The lowest BCUT2D eigenvalue weighted by Gasteiger charge is -2.19. The molecule has 9 heteroatoms. The Morgan fingerprint density at radius 1 is 1.40 bits per heavy atom. The summed E-state index contributed by atoms with van der Waals surface area (Å²) in [5.74, 6) is -1.84. The van der Waals surface area contributed by atoms with Crippen molar-refractivity contribution in [3.05, 3.63) is 11.9 Å². The minimum absolute atomic E-state index is 0.000162. The zero-order chi connectivity index (χ0) is 15.7. The van der Waals surface area contributed by atoms with Crippen LogP contribution in [0.25, 0.3) is 0 Å². The molecule has 0 saturated heterocycles. The van der Waals surface area contributed by atoms with Crippen molar-refractivity contribution >= 4 is 17.7 Å². The van der Waals surface area contributed by atoms with E-state index in [-0.39, 0.29) is 16.1 Å². The number of alkyl halides is 2. The van der Waals surface area contributed by atoms with Gasteiger partial charge in [0.1, 0.15) is 5.60 Å². The molecule has 7 nitrogen and oxygen atoms in total. The van der Waals surface area contributed by atoms with Gasteiger partial charge in [-0.25, -0.2) is 4.79 Å². The minimum atomic E-state index is -3.97. The van der Waals surface area contributed by atoms with E-state index in [9.17, 15) is 18.4 Å². The zero-order valence-electron chi connectivity index (χ0n) is 11.5. The Kier molecular flexibility index (Phi) is 4.02. The summed E-state index contributed by atoms with van der Waals surface area (Å²) in [7, 11) is 0. The van der Waals surface area contributed by atoms with Crippen LogP contribution in [0.4, 0.5) is 19.3 Å². The number of carbonyl (C=O) groups is 2. The fourth-order valence-corrected chi connectivity index (χ4v) is 1.25. The highest BCUT2D eigenvalue weighted by molar-refractivity contribution is 5.85. The predicted octanol–water partition coefficient (Wildman–Crippen LogP) is 1.57. The number of nitrogens with two attached hydrogens (primary N) is 1. The van der Waals surface area contributed by atoms with Crippen molar-refractivity contribution in [2.45, 2.75) is 39.3 Å². The minimum Gasteiger partial charge on any atom is -0.444 e. The van der Waals surface area contributed by atoms with E-state index in [1.165, 1.54) is 6.92 Å². The number of rotatable bonds is 3. The number of halogens is 2. The highest BCUT2D eigenvalue weighted by Gasteiger charge is 2.40. The number of hydrogen-bond acceptors (Lipinski definition) is 4. The van der Waals surface area contributed by atoms with E-state index in [4.69, 9.17) is 4.74 Å². The van der Waals surface area contributed by atoms with E-state index in [1.807, 2.05) is 0 Å². The van der Waals surface area contributed by atoms with Gasteiger partial charge in [-0.1, -0.05) is 0 Å². The second-order valence-electron chi connectivity index (χ2n) is 5.11. The van der Waals surface area contributed by atoms with Crippen LogP contribution in [0.15, 0.2) is 6.20 Å². The number of nitrogens with zero attached hydrogens (tertiary/aromatic N) is 2. The van der Waals surface area contributed by atoms with Crippen LogP contribution in [0.5, 0.6) is 0 Å². The van der Waals surface area contributed by atoms with Crippen molar-refractivity contribution in [2.24, 2.45) is 5.73 Å². The van der Waals surface area contributed by atoms with Gasteiger partial charge < -0.3 is 10.5 Å². The lowest BCUT2D eigenvalue weighted by Crippen LogP contribution is -2.39. The summed E-state index contributed by atoms with van der Waals surface area (Å²) in [6.45, 7) is 6.36. The Morgan fingerprint density at radius 2 is 1.95 bits per heavy atom. The highest BCUT2D eigenvalue weighted by Crippen LogP contribution is 2.23. The van der Waals surface area contributed by atoms with Crippen LogP contribution in [-0.4, -0.2) is 27.4 Å². The Labute approximate surface area is 114 Å². The van der Waals surface area contributed by atoms with Gasteiger partial charge in [0.25, 0.3) is 0 Å². The first kappa shape index (κ1) is 15.9. The molecule has 0 aliphatic rings. The van der Waals surface area contributed by atoms with E-state index in [0.29, 0.717) is 0 Å². The molecule has 1 rings (SSSR count). The van der Waals surface area contributed by atoms with Crippen molar-refractivity contribution in [3.63, 3.8) is 0 Å². The lowest BCUT2D eigenvalue weighted by molar-refractivity contribution is -0.159. The topological polar surface area (TPSA) is 99.2 Å². The monoisotopic (exact) mass is 290 g/mol. The van der Waals surface area contributed by atoms with Crippen molar-refractivity contribution in [3.8, 4) is 0 Å². The van der Waals surface area contributed by atoms with Crippen LogP contribution in [-0.2, 0) is 15.6 Å². The molecule has 2 amide bonds. The predicted molar refractivity (Wildman–Crippen MR) is 66.2 cm³/mol. The molecule has 1 aromatic heterocycles. The van der Waals surface area contributed by atoms with E-state index in [1.54, 1.807) is 20.8 Å². The first-order valence-electron chi connectivity index (χ1n) is 5.68. The van der Waals surface area contributed by atoms with Crippen LogP contribution < -0.4 is 11.1 Å². The zero-order valence-corrected chi connectivity index (χ0v) is 11.5. The molecule has 0 fully saturated rings. The first-order chi connectivity index (χ1) is 8.93. The smallest absolute Gasteiger partial charge is 0.422 e. The summed E-state index contributed by atoms with van der Waals surface area (Å²) >= 11 is 0. The number of anilines is 1. The van der Waals surface area contributed by atoms with Crippen LogP contribution in [0.1, 0.15) is 26.5 Å². The number of aromatic nitrogens is 2. The Morgan fingerprint density at radius 3 is 2.40 bits per heavy atom. The summed E-state index contributed by atoms with van der Waals surface area (Å²) in [6, 6.07) is -3.97. The number of hydrogen-bond donors (Lipinski definition) is 2. The van der Waals surface area contributed by atoms with Gasteiger partial charge in [0.15, 0.2) is 0 Å². The molecule has 0 aliphatic heterocycles. The number of amides is 2. The maximum atomic E-state index is 13.4. The second kappa shape index (κ2) is 5.06. The molecule has 0 radical (unpaired) electrons. The Balaban J connectivity index is 2.92. The molecule has 1 aromatic rings. The van der Waals surface area contributed by atoms with Gasteiger partial charge in [-0.05, 0) is 27.7 Å². The fourth-order valence-electron chi connectivity index (χ4n) is 1.25. The van der Waals surface area contributed by atoms with Gasteiger partial charge in [-0.3, -0.25) is 10.1 Å². The number of ether oxygens (including phenoxy) is 1. The van der Waals surface area contributed by atoms with Crippen molar-refractivity contribution in [2.75, 3.05) is 5.32 Å². The summed E-state index contributed by atoms with van der Waals surface area (Å²) in [6.07, 6.45) is -0.00755. The molecule has 0 unspecified atom stereocenters. The Hall–Kier alpha value is -2.19. The molecule has 20 heavy (non-hydrogen) atoms. The van der Waals surface area contributed by atoms with Gasteiger partial charge in [0.05, 0.1) is 17.6 Å². The maximum absolute atomic E-state index is 13.4. The van der Waals surface area contributed by atoms with Crippen molar-refractivity contribution in [1.82, 2.24) is 9.78 Å². The van der Waals surface area contributed by atoms with E-state index < -0.39 is 23.6 Å². The van der Waals surface area contributed by atoms with Gasteiger partial charge >= 0.3 is 18.0 Å². The number of carbonyl (C=O) groups excluding carboxylic acids is 2. The van der Waals surface area contributed by atoms with Crippen molar-refractivity contribution < 1.29 is 23.1 Å². The molecule has 1 heterocycles. The van der Waals surface area contributed by atoms with E-state index in [2.05, 4.69) is 16.1 Å². The molecular weight excluding hydrogens is 274 g/mol. The van der Waals surface area contributed by atoms with Crippen LogP contribution in [0.2, 0.25) is 0 Å². The molecule has 0 saturated carbocycles. The SMILES string of the molecule is Cc1nn(C(F)(F)C(N)=O)cc1NC(=O)OC(C)(C)C. The van der Waals surface area contributed by atoms with Crippen molar-refractivity contribution in [1.29, 1.82) is 0 Å².